The van der Waals surface area contributed by atoms with Gasteiger partial charge < -0.3 is 4.74 Å². The Morgan fingerprint density at radius 2 is 1.56 bits per heavy atom. The predicted molar refractivity (Wildman–Crippen MR) is 76.0 cm³/mol. The first-order valence-corrected chi connectivity index (χ1v) is 10.1. The molecular weight excluding hydrogens is 232 g/mol. The molecule has 0 heterocycles. The molecule has 0 atom stereocenters. The zero-order valence-electron chi connectivity index (χ0n) is 11.1. The summed E-state index contributed by atoms with van der Waals surface area (Å²) >= 11 is 2.06. The molecule has 0 saturated carbocycles. The molecule has 90 valence electrons. The second kappa shape index (κ2) is 4.84. The van der Waals surface area contributed by atoms with Crippen LogP contribution >= 0.6 is 11.2 Å². The fraction of sp³-hybridized carbons (Fsp3) is 0.538. The molecule has 0 fully saturated rings. The van der Waals surface area contributed by atoms with Gasteiger partial charge in [-0.2, -0.15) is 11.2 Å². The molecule has 16 heavy (non-hydrogen) atoms. The van der Waals surface area contributed by atoms with E-state index in [1.165, 1.54) is 4.90 Å². The standard InChI is InChI=1S/C13H22OSSi/c1-13(2,3)16(5,6)15-12-9-7-11(14-4)8-10-12/h7-10H,1-6H3. The van der Waals surface area contributed by atoms with Gasteiger partial charge in [0.15, 0.2) is 0 Å². The van der Waals surface area contributed by atoms with E-state index in [0.717, 1.165) is 5.75 Å². The van der Waals surface area contributed by atoms with Crippen LogP contribution in [0.15, 0.2) is 29.2 Å². The highest BCUT2D eigenvalue weighted by molar-refractivity contribution is 8.29. The molecule has 1 aromatic carbocycles. The Morgan fingerprint density at radius 1 is 1.06 bits per heavy atom. The van der Waals surface area contributed by atoms with Crippen molar-refractivity contribution in [3.8, 4) is 5.75 Å². The highest BCUT2D eigenvalue weighted by atomic mass is 32.4. The van der Waals surface area contributed by atoms with E-state index in [4.69, 9.17) is 4.74 Å². The van der Waals surface area contributed by atoms with Crippen molar-refractivity contribution in [3.63, 3.8) is 0 Å². The van der Waals surface area contributed by atoms with Crippen molar-refractivity contribution < 1.29 is 4.74 Å². The molecule has 0 aromatic heterocycles. The molecule has 0 saturated heterocycles. The highest BCUT2D eigenvalue weighted by Gasteiger charge is 2.36. The van der Waals surface area contributed by atoms with Gasteiger partial charge in [-0.25, -0.2) is 0 Å². The number of hydrogen-bond acceptors (Lipinski definition) is 2. The third kappa shape index (κ3) is 3.29. The van der Waals surface area contributed by atoms with Gasteiger partial charge in [0, 0.05) is 4.90 Å². The van der Waals surface area contributed by atoms with Crippen LogP contribution in [0.1, 0.15) is 20.8 Å². The molecule has 0 radical (unpaired) electrons. The average molecular weight is 254 g/mol. The topological polar surface area (TPSA) is 9.23 Å². The molecule has 1 aromatic rings. The first-order chi connectivity index (χ1) is 7.26. The number of rotatable bonds is 3. The van der Waals surface area contributed by atoms with Crippen LogP contribution in [0.25, 0.3) is 0 Å². The number of benzene rings is 1. The minimum absolute atomic E-state index is 0.414. The van der Waals surface area contributed by atoms with E-state index in [1.54, 1.807) is 7.11 Å². The molecule has 0 aliphatic carbocycles. The van der Waals surface area contributed by atoms with Gasteiger partial charge >= 0.3 is 0 Å². The Balaban J connectivity index is 2.80. The molecule has 0 bridgehead atoms. The number of ether oxygens (including phenoxy) is 1. The van der Waals surface area contributed by atoms with Crippen molar-refractivity contribution in [3.05, 3.63) is 24.3 Å². The smallest absolute Gasteiger partial charge is 0.122 e. The second-order valence-electron chi connectivity index (χ2n) is 5.54. The van der Waals surface area contributed by atoms with Crippen molar-refractivity contribution in [1.82, 2.24) is 0 Å². The zero-order valence-corrected chi connectivity index (χ0v) is 12.9. The fourth-order valence-corrected chi connectivity index (χ4v) is 5.35. The second-order valence-corrected chi connectivity index (χ2v) is 14.4. The van der Waals surface area contributed by atoms with Gasteiger partial charge in [-0.05, 0) is 29.3 Å². The van der Waals surface area contributed by atoms with E-state index < -0.39 is 7.22 Å². The van der Waals surface area contributed by atoms with Crippen molar-refractivity contribution in [1.29, 1.82) is 0 Å². The van der Waals surface area contributed by atoms with Gasteiger partial charge in [-0.3, -0.25) is 0 Å². The summed E-state index contributed by atoms with van der Waals surface area (Å²) in [7, 11) is 0.407. The molecule has 0 amide bonds. The van der Waals surface area contributed by atoms with Gasteiger partial charge in [-0.1, -0.05) is 33.9 Å². The first kappa shape index (κ1) is 13.7. The largest absolute Gasteiger partial charge is 0.497 e. The lowest BCUT2D eigenvalue weighted by molar-refractivity contribution is 0.414. The van der Waals surface area contributed by atoms with Crippen LogP contribution < -0.4 is 4.74 Å². The summed E-state index contributed by atoms with van der Waals surface area (Å²) in [6.07, 6.45) is 0. The highest BCUT2D eigenvalue weighted by Crippen LogP contribution is 2.46. The molecular formula is C13H22OSSi. The Hall–Kier alpha value is -0.413. The van der Waals surface area contributed by atoms with Crippen molar-refractivity contribution in [2.45, 2.75) is 43.8 Å². The number of methoxy groups -OCH3 is 1. The first-order valence-electron chi connectivity index (χ1n) is 5.59. The summed E-state index contributed by atoms with van der Waals surface area (Å²) in [5.41, 5.74) is 0. The fourth-order valence-electron chi connectivity index (χ4n) is 1.09. The lowest BCUT2D eigenvalue weighted by Crippen LogP contribution is -2.33. The summed E-state index contributed by atoms with van der Waals surface area (Å²) in [6.45, 7) is 11.9. The maximum absolute atomic E-state index is 5.17. The van der Waals surface area contributed by atoms with Gasteiger partial charge in [0.2, 0.25) is 0 Å². The zero-order chi connectivity index (χ0) is 12.4. The average Bonchev–Trinajstić information content (AvgIpc) is 2.16. The van der Waals surface area contributed by atoms with Crippen LogP contribution in [0.3, 0.4) is 0 Å². The molecule has 1 nitrogen and oxygen atoms in total. The quantitative estimate of drug-likeness (QED) is 0.717. The molecule has 0 spiro atoms. The number of hydrogen-bond donors (Lipinski definition) is 0. The maximum atomic E-state index is 5.17. The Kier molecular flexibility index (Phi) is 4.13. The van der Waals surface area contributed by atoms with Crippen LogP contribution in [0.5, 0.6) is 5.75 Å². The summed E-state index contributed by atoms with van der Waals surface area (Å²) in [4.78, 5) is 1.35. The monoisotopic (exact) mass is 254 g/mol. The van der Waals surface area contributed by atoms with Crippen LogP contribution in [0.2, 0.25) is 18.1 Å². The maximum Gasteiger partial charge on any atom is 0.122 e. The van der Waals surface area contributed by atoms with Crippen molar-refractivity contribution >= 4 is 18.4 Å². The van der Waals surface area contributed by atoms with Gasteiger partial charge in [0.25, 0.3) is 0 Å². The van der Waals surface area contributed by atoms with Gasteiger partial charge in [-0.15, -0.1) is 0 Å². The minimum Gasteiger partial charge on any atom is -0.497 e. The normalized spacial score (nSPS) is 12.6. The molecule has 0 N–H and O–H groups in total. The van der Waals surface area contributed by atoms with Crippen LogP contribution in [-0.4, -0.2) is 14.3 Å². The summed E-state index contributed by atoms with van der Waals surface area (Å²) in [5.74, 6) is 0.930. The Bertz CT molecular complexity index is 338. The molecule has 0 aliphatic heterocycles. The third-order valence-electron chi connectivity index (χ3n) is 3.24. The van der Waals surface area contributed by atoms with Crippen molar-refractivity contribution in [2.75, 3.05) is 7.11 Å². The lowest BCUT2D eigenvalue weighted by Gasteiger charge is -2.36. The van der Waals surface area contributed by atoms with E-state index in [9.17, 15) is 0 Å². The van der Waals surface area contributed by atoms with Gasteiger partial charge in [0.05, 0.1) is 7.11 Å². The van der Waals surface area contributed by atoms with Crippen molar-refractivity contribution in [2.24, 2.45) is 0 Å². The molecule has 0 aliphatic rings. The summed E-state index contributed by atoms with van der Waals surface area (Å²) in [6, 6.07) is 8.39. The van der Waals surface area contributed by atoms with E-state index in [-0.39, 0.29) is 0 Å². The van der Waals surface area contributed by atoms with E-state index in [1.807, 2.05) is 12.1 Å². The summed E-state index contributed by atoms with van der Waals surface area (Å²) < 4.78 is 5.17. The summed E-state index contributed by atoms with van der Waals surface area (Å²) in [5, 5.41) is 0.414. The van der Waals surface area contributed by atoms with E-state index in [0.29, 0.717) is 5.04 Å². The van der Waals surface area contributed by atoms with E-state index in [2.05, 4.69) is 57.2 Å². The molecule has 3 heteroatoms. The van der Waals surface area contributed by atoms with E-state index >= 15 is 0 Å². The SMILES string of the molecule is COc1ccc(S[Si](C)(C)C(C)(C)C)cc1. The van der Waals surface area contributed by atoms with Crippen LogP contribution in [-0.2, 0) is 0 Å². The molecule has 1 rings (SSSR count). The van der Waals surface area contributed by atoms with Crippen LogP contribution in [0, 0.1) is 0 Å². The van der Waals surface area contributed by atoms with Crippen LogP contribution in [0.4, 0.5) is 0 Å². The third-order valence-corrected chi connectivity index (χ3v) is 11.9. The molecule has 0 unspecified atom stereocenters. The Labute approximate surface area is 104 Å². The Morgan fingerprint density at radius 3 is 1.94 bits per heavy atom. The predicted octanol–water partition coefficient (Wildman–Crippen LogP) is 4.79. The van der Waals surface area contributed by atoms with Gasteiger partial charge in [0.1, 0.15) is 13.0 Å². The lowest BCUT2D eigenvalue weighted by atomic mass is 10.2. The minimum atomic E-state index is -1.30.